The van der Waals surface area contributed by atoms with Crippen LogP contribution in [0.2, 0.25) is 0 Å². The first kappa shape index (κ1) is 11.8. The molecule has 0 saturated heterocycles. The fourth-order valence-corrected chi connectivity index (χ4v) is 2.14. The van der Waals surface area contributed by atoms with Gasteiger partial charge in [-0.15, -0.1) is 0 Å². The van der Waals surface area contributed by atoms with Gasteiger partial charge in [0.1, 0.15) is 0 Å². The summed E-state index contributed by atoms with van der Waals surface area (Å²) in [5, 5.41) is 9.82. The van der Waals surface area contributed by atoms with Crippen LogP contribution in [-0.2, 0) is 6.42 Å². The molecule has 0 bridgehead atoms. The molecular weight excluding hydrogens is 242 g/mol. The summed E-state index contributed by atoms with van der Waals surface area (Å²) in [5.41, 5.74) is 4.54. The highest BCUT2D eigenvalue weighted by Gasteiger charge is 2.16. The van der Waals surface area contributed by atoms with Crippen LogP contribution in [0.5, 0.6) is 0 Å². The van der Waals surface area contributed by atoms with Crippen LogP contribution in [0, 0.1) is 13.8 Å². The van der Waals surface area contributed by atoms with Gasteiger partial charge in [-0.05, 0) is 38.0 Å². The SMILES string of the molecule is Cc1noc(NC(=O)c2ccc3c(c2)NCC3)c1C. The molecule has 0 fully saturated rings. The number of hydrogen-bond donors (Lipinski definition) is 2. The number of nitrogens with one attached hydrogen (secondary N) is 2. The Balaban J connectivity index is 1.83. The molecule has 98 valence electrons. The van der Waals surface area contributed by atoms with Crippen LogP contribution in [-0.4, -0.2) is 17.6 Å². The molecule has 1 aliphatic heterocycles. The minimum absolute atomic E-state index is 0.184. The summed E-state index contributed by atoms with van der Waals surface area (Å²) in [6, 6.07) is 5.69. The second-order valence-corrected chi connectivity index (χ2v) is 4.72. The van der Waals surface area contributed by atoms with Crippen LogP contribution in [0.3, 0.4) is 0 Å². The number of benzene rings is 1. The highest BCUT2D eigenvalue weighted by molar-refractivity contribution is 6.04. The van der Waals surface area contributed by atoms with E-state index in [9.17, 15) is 4.79 Å². The lowest BCUT2D eigenvalue weighted by atomic mass is 10.1. The third-order valence-electron chi connectivity index (χ3n) is 3.47. The molecule has 1 amide bonds. The molecule has 2 N–H and O–H groups in total. The van der Waals surface area contributed by atoms with E-state index in [0.29, 0.717) is 11.4 Å². The molecular formula is C14H15N3O2. The van der Waals surface area contributed by atoms with Crippen molar-refractivity contribution in [2.24, 2.45) is 0 Å². The first-order chi connectivity index (χ1) is 9.15. The van der Waals surface area contributed by atoms with Crippen molar-refractivity contribution < 1.29 is 9.32 Å². The smallest absolute Gasteiger partial charge is 0.258 e. The van der Waals surface area contributed by atoms with E-state index in [1.54, 1.807) is 0 Å². The Bertz CT molecular complexity index is 646. The van der Waals surface area contributed by atoms with Crippen LogP contribution < -0.4 is 10.6 Å². The van der Waals surface area contributed by atoms with Crippen LogP contribution in [0.25, 0.3) is 0 Å². The Morgan fingerprint density at radius 3 is 3.00 bits per heavy atom. The third-order valence-corrected chi connectivity index (χ3v) is 3.47. The zero-order valence-corrected chi connectivity index (χ0v) is 10.9. The van der Waals surface area contributed by atoms with Gasteiger partial charge in [-0.2, -0.15) is 0 Å². The van der Waals surface area contributed by atoms with Crippen molar-refractivity contribution in [3.63, 3.8) is 0 Å². The number of amides is 1. The van der Waals surface area contributed by atoms with Gasteiger partial charge in [0, 0.05) is 23.4 Å². The van der Waals surface area contributed by atoms with Crippen LogP contribution >= 0.6 is 0 Å². The molecule has 2 heterocycles. The third kappa shape index (κ3) is 2.07. The van der Waals surface area contributed by atoms with Gasteiger partial charge < -0.3 is 9.84 Å². The van der Waals surface area contributed by atoms with Gasteiger partial charge in [-0.1, -0.05) is 11.2 Å². The molecule has 0 aliphatic carbocycles. The molecule has 0 spiro atoms. The number of aromatic nitrogens is 1. The molecule has 1 aliphatic rings. The molecule has 5 heteroatoms. The maximum atomic E-state index is 12.1. The second kappa shape index (κ2) is 4.42. The van der Waals surface area contributed by atoms with Gasteiger partial charge in [0.2, 0.25) is 5.88 Å². The predicted octanol–water partition coefficient (Wildman–Crippen LogP) is 2.51. The molecule has 0 saturated carbocycles. The monoisotopic (exact) mass is 257 g/mol. The normalized spacial score (nSPS) is 12.9. The highest BCUT2D eigenvalue weighted by Crippen LogP contribution is 2.24. The van der Waals surface area contributed by atoms with Crippen molar-refractivity contribution in [1.82, 2.24) is 5.16 Å². The molecule has 5 nitrogen and oxygen atoms in total. The van der Waals surface area contributed by atoms with Gasteiger partial charge in [0.05, 0.1) is 5.69 Å². The molecule has 1 aromatic heterocycles. The maximum Gasteiger partial charge on any atom is 0.258 e. The van der Waals surface area contributed by atoms with Crippen molar-refractivity contribution in [3.8, 4) is 0 Å². The number of rotatable bonds is 2. The van der Waals surface area contributed by atoms with Gasteiger partial charge >= 0.3 is 0 Å². The zero-order chi connectivity index (χ0) is 13.4. The van der Waals surface area contributed by atoms with E-state index in [2.05, 4.69) is 15.8 Å². The van der Waals surface area contributed by atoms with Crippen molar-refractivity contribution in [2.75, 3.05) is 17.2 Å². The van der Waals surface area contributed by atoms with Gasteiger partial charge in [-0.25, -0.2) is 0 Å². The minimum Gasteiger partial charge on any atom is -0.384 e. The van der Waals surface area contributed by atoms with Crippen molar-refractivity contribution in [2.45, 2.75) is 20.3 Å². The van der Waals surface area contributed by atoms with E-state index in [4.69, 9.17) is 4.52 Å². The average molecular weight is 257 g/mol. The Morgan fingerprint density at radius 2 is 2.26 bits per heavy atom. The lowest BCUT2D eigenvalue weighted by molar-refractivity contribution is 0.102. The Labute approximate surface area is 111 Å². The van der Waals surface area contributed by atoms with Gasteiger partial charge in [-0.3, -0.25) is 10.1 Å². The molecule has 1 aromatic carbocycles. The zero-order valence-electron chi connectivity index (χ0n) is 10.9. The number of nitrogens with zero attached hydrogens (tertiary/aromatic N) is 1. The van der Waals surface area contributed by atoms with E-state index in [1.807, 2.05) is 32.0 Å². The van der Waals surface area contributed by atoms with Crippen LogP contribution in [0.1, 0.15) is 27.2 Å². The summed E-state index contributed by atoms with van der Waals surface area (Å²) in [6.07, 6.45) is 1.01. The molecule has 0 radical (unpaired) electrons. The number of aryl methyl sites for hydroxylation is 1. The summed E-state index contributed by atoms with van der Waals surface area (Å²) < 4.78 is 5.08. The standard InChI is InChI=1S/C14H15N3O2/c1-8-9(2)17-19-14(8)16-13(18)11-4-3-10-5-6-15-12(10)7-11/h3-4,7,15H,5-6H2,1-2H3,(H,16,18). The fourth-order valence-electron chi connectivity index (χ4n) is 2.14. The van der Waals surface area contributed by atoms with Crippen LogP contribution in [0.15, 0.2) is 22.7 Å². The summed E-state index contributed by atoms with van der Waals surface area (Å²) in [6.45, 7) is 4.64. The van der Waals surface area contributed by atoms with Gasteiger partial charge in [0.25, 0.3) is 5.91 Å². The first-order valence-corrected chi connectivity index (χ1v) is 6.26. The van der Waals surface area contributed by atoms with Crippen molar-refractivity contribution in [1.29, 1.82) is 0 Å². The van der Waals surface area contributed by atoms with E-state index in [-0.39, 0.29) is 5.91 Å². The van der Waals surface area contributed by atoms with Crippen molar-refractivity contribution >= 4 is 17.5 Å². The van der Waals surface area contributed by atoms with E-state index >= 15 is 0 Å². The topological polar surface area (TPSA) is 67.2 Å². The number of anilines is 2. The summed E-state index contributed by atoms with van der Waals surface area (Å²) in [5.74, 6) is 0.228. The van der Waals surface area contributed by atoms with Crippen molar-refractivity contribution in [3.05, 3.63) is 40.6 Å². The lowest BCUT2D eigenvalue weighted by Gasteiger charge is -2.05. The molecule has 3 rings (SSSR count). The van der Waals surface area contributed by atoms with E-state index in [0.717, 1.165) is 29.9 Å². The van der Waals surface area contributed by atoms with Crippen LogP contribution in [0.4, 0.5) is 11.6 Å². The van der Waals surface area contributed by atoms with Gasteiger partial charge in [0.15, 0.2) is 0 Å². The summed E-state index contributed by atoms with van der Waals surface area (Å²) >= 11 is 0. The number of carbonyl (C=O) groups excluding carboxylic acids is 1. The average Bonchev–Trinajstić information content (AvgIpc) is 2.99. The first-order valence-electron chi connectivity index (χ1n) is 6.26. The molecule has 2 aromatic rings. The second-order valence-electron chi connectivity index (χ2n) is 4.72. The lowest BCUT2D eigenvalue weighted by Crippen LogP contribution is -2.12. The maximum absolute atomic E-state index is 12.1. The Kier molecular flexibility index (Phi) is 2.74. The predicted molar refractivity (Wildman–Crippen MR) is 72.6 cm³/mol. The number of carbonyl (C=O) groups is 1. The number of fused-ring (bicyclic) bond motifs is 1. The fraction of sp³-hybridized carbons (Fsp3) is 0.286. The molecule has 19 heavy (non-hydrogen) atoms. The molecule has 0 atom stereocenters. The number of hydrogen-bond acceptors (Lipinski definition) is 4. The van der Waals surface area contributed by atoms with E-state index < -0.39 is 0 Å². The molecule has 0 unspecified atom stereocenters. The summed E-state index contributed by atoms with van der Waals surface area (Å²) in [4.78, 5) is 12.1. The Hall–Kier alpha value is -2.30. The van der Waals surface area contributed by atoms with E-state index in [1.165, 1.54) is 5.56 Å². The minimum atomic E-state index is -0.184. The largest absolute Gasteiger partial charge is 0.384 e. The Morgan fingerprint density at radius 1 is 1.42 bits per heavy atom. The summed E-state index contributed by atoms with van der Waals surface area (Å²) in [7, 11) is 0. The highest BCUT2D eigenvalue weighted by atomic mass is 16.5. The quantitative estimate of drug-likeness (QED) is 0.867.